The maximum absolute atomic E-state index is 12.7. The molecule has 1 saturated carbocycles. The lowest BCUT2D eigenvalue weighted by atomic mass is 10.0. The van der Waals surface area contributed by atoms with Crippen molar-refractivity contribution in [2.45, 2.75) is 51.5 Å². The van der Waals surface area contributed by atoms with Crippen LogP contribution in [0.1, 0.15) is 60.1 Å². The van der Waals surface area contributed by atoms with Crippen molar-refractivity contribution in [3.05, 3.63) is 41.1 Å². The van der Waals surface area contributed by atoms with E-state index in [0.717, 1.165) is 35.0 Å². The van der Waals surface area contributed by atoms with E-state index in [1.54, 1.807) is 0 Å². The number of hydrogen-bond acceptors (Lipinski definition) is 3. The van der Waals surface area contributed by atoms with Crippen LogP contribution in [0.15, 0.2) is 24.3 Å². The number of rotatable bonds is 6. The van der Waals surface area contributed by atoms with Gasteiger partial charge in [0.15, 0.2) is 0 Å². The summed E-state index contributed by atoms with van der Waals surface area (Å²) in [4.78, 5) is 28.1. The first kappa shape index (κ1) is 16.4. The summed E-state index contributed by atoms with van der Waals surface area (Å²) in [7, 11) is 0. The average molecular weight is 326 g/mol. The molecule has 1 heterocycles. The minimum absolute atomic E-state index is 0.0466. The number of nitrogens with zero attached hydrogens (tertiary/aromatic N) is 1. The van der Waals surface area contributed by atoms with Crippen LogP contribution in [0, 0.1) is 6.92 Å². The van der Waals surface area contributed by atoms with Crippen molar-refractivity contribution in [2.75, 3.05) is 0 Å². The number of amides is 1. The van der Waals surface area contributed by atoms with Crippen molar-refractivity contribution >= 4 is 22.8 Å². The molecule has 1 aliphatic carbocycles. The number of aromatic nitrogens is 1. The van der Waals surface area contributed by atoms with Crippen molar-refractivity contribution in [3.8, 4) is 0 Å². The van der Waals surface area contributed by atoms with E-state index in [1.165, 1.54) is 0 Å². The number of carboxylic acid groups (broad SMARTS) is 1. The molecule has 0 saturated heterocycles. The van der Waals surface area contributed by atoms with Crippen LogP contribution in [0.5, 0.6) is 0 Å². The maximum Gasteiger partial charge on any atom is 0.303 e. The average Bonchev–Trinajstić information content (AvgIpc) is 3.36. The summed E-state index contributed by atoms with van der Waals surface area (Å²) in [5.41, 5.74) is 3.53. The Bertz CT molecular complexity index is 797. The summed E-state index contributed by atoms with van der Waals surface area (Å²) in [6.07, 6.45) is 2.71. The van der Waals surface area contributed by atoms with Gasteiger partial charge in [-0.1, -0.05) is 11.6 Å². The Morgan fingerprint density at radius 1 is 1.33 bits per heavy atom. The number of aryl methyl sites for hydroxylation is 1. The van der Waals surface area contributed by atoms with E-state index >= 15 is 0 Å². The summed E-state index contributed by atoms with van der Waals surface area (Å²) >= 11 is 0. The lowest BCUT2D eigenvalue weighted by Gasteiger charge is -2.15. The zero-order chi connectivity index (χ0) is 17.3. The number of nitrogens with one attached hydrogen (secondary N) is 1. The first-order valence-electron chi connectivity index (χ1n) is 8.38. The Balaban J connectivity index is 1.89. The van der Waals surface area contributed by atoms with Crippen LogP contribution in [0.2, 0.25) is 0 Å². The summed E-state index contributed by atoms with van der Waals surface area (Å²) in [5.74, 6) is -0.545. The van der Waals surface area contributed by atoms with Gasteiger partial charge >= 0.3 is 5.97 Å². The van der Waals surface area contributed by atoms with Gasteiger partial charge in [-0.25, -0.2) is 0 Å². The topological polar surface area (TPSA) is 79.3 Å². The van der Waals surface area contributed by atoms with E-state index < -0.39 is 5.97 Å². The Kier molecular flexibility index (Phi) is 4.51. The number of fused-ring (bicyclic) bond motifs is 1. The van der Waals surface area contributed by atoms with Crippen molar-refractivity contribution < 1.29 is 14.7 Å². The molecule has 1 fully saturated rings. The van der Waals surface area contributed by atoms with Gasteiger partial charge in [0, 0.05) is 29.5 Å². The van der Waals surface area contributed by atoms with Crippen LogP contribution in [0.4, 0.5) is 0 Å². The second kappa shape index (κ2) is 6.59. The summed E-state index contributed by atoms with van der Waals surface area (Å²) in [6.45, 7) is 3.82. The zero-order valence-electron chi connectivity index (χ0n) is 14.0. The van der Waals surface area contributed by atoms with Crippen molar-refractivity contribution in [3.63, 3.8) is 0 Å². The normalized spacial score (nSPS) is 15.2. The lowest BCUT2D eigenvalue weighted by Crippen LogP contribution is -2.33. The molecule has 1 aromatic carbocycles. The molecule has 126 valence electrons. The molecule has 5 heteroatoms. The minimum atomic E-state index is -0.850. The largest absolute Gasteiger partial charge is 0.481 e. The number of carbonyl (C=O) groups is 2. The molecule has 0 bridgehead atoms. The van der Waals surface area contributed by atoms with Crippen LogP contribution in [0.3, 0.4) is 0 Å². The van der Waals surface area contributed by atoms with Crippen LogP contribution in [-0.4, -0.2) is 28.0 Å². The third kappa shape index (κ3) is 3.72. The fourth-order valence-electron chi connectivity index (χ4n) is 2.85. The molecule has 5 nitrogen and oxygen atoms in total. The van der Waals surface area contributed by atoms with Crippen molar-refractivity contribution in [2.24, 2.45) is 0 Å². The number of carbonyl (C=O) groups excluding carboxylic acids is 1. The van der Waals surface area contributed by atoms with Gasteiger partial charge in [-0.2, -0.15) is 0 Å². The molecule has 0 aliphatic heterocycles. The second-order valence-electron chi connectivity index (χ2n) is 6.70. The predicted octanol–water partition coefficient (Wildman–Crippen LogP) is 3.40. The van der Waals surface area contributed by atoms with Gasteiger partial charge in [0.2, 0.25) is 0 Å². The van der Waals surface area contributed by atoms with Crippen LogP contribution >= 0.6 is 0 Å². The van der Waals surface area contributed by atoms with E-state index in [1.807, 2.05) is 38.1 Å². The second-order valence-corrected chi connectivity index (χ2v) is 6.70. The molecular weight excluding hydrogens is 304 g/mol. The standard InChI is InChI=1S/C19H22N2O3/c1-11-3-7-16-14(9-11)15(10-17(21-16)13-5-6-13)19(24)20-12(2)4-8-18(22)23/h3,7,9-10,12-13H,4-6,8H2,1-2H3,(H,20,24)(H,22,23). The molecule has 2 aromatic rings. The third-order valence-electron chi connectivity index (χ3n) is 4.39. The minimum Gasteiger partial charge on any atom is -0.481 e. The molecule has 1 amide bonds. The number of carboxylic acids is 1. The lowest BCUT2D eigenvalue weighted by molar-refractivity contribution is -0.137. The highest BCUT2D eigenvalue weighted by atomic mass is 16.4. The zero-order valence-corrected chi connectivity index (χ0v) is 14.0. The SMILES string of the molecule is Cc1ccc2nc(C3CC3)cc(C(=O)NC(C)CCC(=O)O)c2c1. The highest BCUT2D eigenvalue weighted by Crippen LogP contribution is 2.40. The van der Waals surface area contributed by atoms with E-state index in [4.69, 9.17) is 10.1 Å². The summed E-state index contributed by atoms with van der Waals surface area (Å²) in [5, 5.41) is 12.5. The third-order valence-corrected chi connectivity index (χ3v) is 4.39. The molecule has 1 aromatic heterocycles. The van der Waals surface area contributed by atoms with Crippen molar-refractivity contribution in [1.82, 2.24) is 10.3 Å². The van der Waals surface area contributed by atoms with E-state index in [-0.39, 0.29) is 18.4 Å². The van der Waals surface area contributed by atoms with Gasteiger partial charge in [0.25, 0.3) is 5.91 Å². The molecule has 2 N–H and O–H groups in total. The van der Waals surface area contributed by atoms with E-state index in [2.05, 4.69) is 5.32 Å². The molecule has 3 rings (SSSR count). The molecule has 24 heavy (non-hydrogen) atoms. The molecule has 1 atom stereocenters. The van der Waals surface area contributed by atoms with E-state index in [9.17, 15) is 9.59 Å². The van der Waals surface area contributed by atoms with Gasteiger partial charge in [-0.05, 0) is 51.3 Å². The van der Waals surface area contributed by atoms with Crippen LogP contribution in [-0.2, 0) is 4.79 Å². The first-order valence-corrected chi connectivity index (χ1v) is 8.38. The molecule has 1 aliphatic rings. The Morgan fingerprint density at radius 2 is 2.08 bits per heavy atom. The Labute approximate surface area is 141 Å². The summed E-state index contributed by atoms with van der Waals surface area (Å²) < 4.78 is 0. The fourth-order valence-corrected chi connectivity index (χ4v) is 2.85. The highest BCUT2D eigenvalue weighted by molar-refractivity contribution is 6.06. The van der Waals surface area contributed by atoms with Gasteiger partial charge in [-0.15, -0.1) is 0 Å². The predicted molar refractivity (Wildman–Crippen MR) is 92.3 cm³/mol. The Hall–Kier alpha value is -2.43. The van der Waals surface area contributed by atoms with Crippen LogP contribution < -0.4 is 5.32 Å². The van der Waals surface area contributed by atoms with Crippen LogP contribution in [0.25, 0.3) is 10.9 Å². The fraction of sp³-hybridized carbons (Fsp3) is 0.421. The monoisotopic (exact) mass is 326 g/mol. The van der Waals surface area contributed by atoms with Gasteiger partial charge in [0.1, 0.15) is 0 Å². The van der Waals surface area contributed by atoms with Gasteiger partial charge < -0.3 is 10.4 Å². The van der Waals surface area contributed by atoms with E-state index in [0.29, 0.717) is 17.9 Å². The molecule has 0 radical (unpaired) electrons. The summed E-state index contributed by atoms with van der Waals surface area (Å²) in [6, 6.07) is 7.66. The molecule has 0 spiro atoms. The number of hydrogen-bond donors (Lipinski definition) is 2. The Morgan fingerprint density at radius 3 is 2.75 bits per heavy atom. The van der Waals surface area contributed by atoms with Gasteiger partial charge in [0.05, 0.1) is 11.1 Å². The first-order chi connectivity index (χ1) is 11.4. The number of benzene rings is 1. The number of pyridine rings is 1. The highest BCUT2D eigenvalue weighted by Gasteiger charge is 2.27. The molecular formula is C19H22N2O3. The van der Waals surface area contributed by atoms with Gasteiger partial charge in [-0.3, -0.25) is 14.6 Å². The smallest absolute Gasteiger partial charge is 0.303 e. The quantitative estimate of drug-likeness (QED) is 0.852. The maximum atomic E-state index is 12.7. The number of aliphatic carboxylic acids is 1. The molecule has 1 unspecified atom stereocenters. The van der Waals surface area contributed by atoms with Crippen molar-refractivity contribution in [1.29, 1.82) is 0 Å².